The predicted octanol–water partition coefficient (Wildman–Crippen LogP) is 0.518. The highest BCUT2D eigenvalue weighted by Gasteiger charge is 2.40. The second-order valence-electron chi connectivity index (χ2n) is 4.19. The van der Waals surface area contributed by atoms with Crippen molar-refractivity contribution < 1.29 is 4.74 Å². The maximum Gasteiger partial charge on any atom is 0.133 e. The molecule has 4 nitrogen and oxygen atoms in total. The average molecular weight is 205 g/mol. The lowest BCUT2D eigenvalue weighted by Crippen LogP contribution is -2.38. The molecule has 1 aromatic heterocycles. The largest absolute Gasteiger partial charge is 0.374 e. The summed E-state index contributed by atoms with van der Waals surface area (Å²) < 4.78 is 5.58. The molecule has 3 rings (SSSR count). The highest BCUT2D eigenvalue weighted by Crippen LogP contribution is 2.32. The zero-order valence-corrected chi connectivity index (χ0v) is 8.60. The highest BCUT2D eigenvalue weighted by atomic mass is 16.5. The summed E-state index contributed by atoms with van der Waals surface area (Å²) in [6, 6.07) is 4.50. The van der Waals surface area contributed by atoms with Gasteiger partial charge in [-0.2, -0.15) is 0 Å². The van der Waals surface area contributed by atoms with Crippen molar-refractivity contribution in [1.82, 2.24) is 4.98 Å². The Hall–Kier alpha value is -1.13. The van der Waals surface area contributed by atoms with Gasteiger partial charge in [0.05, 0.1) is 18.8 Å². The molecule has 0 aromatic carbocycles. The van der Waals surface area contributed by atoms with Crippen molar-refractivity contribution in [3.05, 3.63) is 23.9 Å². The summed E-state index contributed by atoms with van der Waals surface area (Å²) in [5.74, 6) is 1.05. The Morgan fingerprint density at radius 1 is 1.60 bits per heavy atom. The molecule has 0 amide bonds. The summed E-state index contributed by atoms with van der Waals surface area (Å²) in [6.07, 6.45) is 3.38. The zero-order valence-electron chi connectivity index (χ0n) is 8.60. The number of nitrogens with two attached hydrogens (primary N) is 1. The summed E-state index contributed by atoms with van der Waals surface area (Å²) in [7, 11) is 0. The van der Waals surface area contributed by atoms with Crippen molar-refractivity contribution in [2.24, 2.45) is 5.73 Å². The number of pyridine rings is 1. The number of hydrogen-bond donors (Lipinski definition) is 1. The van der Waals surface area contributed by atoms with Gasteiger partial charge in [-0.05, 0) is 12.5 Å². The fourth-order valence-electron chi connectivity index (χ4n) is 2.51. The molecule has 0 radical (unpaired) electrons. The monoisotopic (exact) mass is 205 g/mol. The van der Waals surface area contributed by atoms with Crippen LogP contribution in [0.5, 0.6) is 0 Å². The Morgan fingerprint density at radius 2 is 2.53 bits per heavy atom. The summed E-state index contributed by atoms with van der Waals surface area (Å²) in [5, 5.41) is 0. The fraction of sp³-hybridized carbons (Fsp3) is 0.545. The average Bonchev–Trinajstić information content (AvgIpc) is 2.90. The molecule has 2 unspecified atom stereocenters. The van der Waals surface area contributed by atoms with Crippen LogP contribution in [-0.4, -0.2) is 30.3 Å². The second-order valence-corrected chi connectivity index (χ2v) is 4.19. The second kappa shape index (κ2) is 3.47. The van der Waals surface area contributed by atoms with Crippen LogP contribution in [0, 0.1) is 0 Å². The molecule has 2 saturated heterocycles. The first-order valence-corrected chi connectivity index (χ1v) is 5.40. The van der Waals surface area contributed by atoms with Gasteiger partial charge in [0.15, 0.2) is 0 Å². The topological polar surface area (TPSA) is 51.4 Å². The van der Waals surface area contributed by atoms with Crippen LogP contribution in [0.1, 0.15) is 12.0 Å². The van der Waals surface area contributed by atoms with Crippen LogP contribution < -0.4 is 10.6 Å². The molecule has 2 atom stereocenters. The molecule has 2 aliphatic heterocycles. The zero-order chi connectivity index (χ0) is 10.3. The number of morpholine rings is 1. The lowest BCUT2D eigenvalue weighted by atomic mass is 10.2. The summed E-state index contributed by atoms with van der Waals surface area (Å²) in [6.45, 7) is 2.36. The molecule has 0 saturated carbocycles. The van der Waals surface area contributed by atoms with E-state index in [9.17, 15) is 0 Å². The van der Waals surface area contributed by atoms with Crippen molar-refractivity contribution in [3.8, 4) is 0 Å². The SMILES string of the molecule is NCc1cccnc1N1CC2CC1CO2. The highest BCUT2D eigenvalue weighted by molar-refractivity contribution is 5.49. The summed E-state index contributed by atoms with van der Waals surface area (Å²) in [4.78, 5) is 6.78. The maximum atomic E-state index is 5.72. The first kappa shape index (κ1) is 9.12. The van der Waals surface area contributed by atoms with Crippen molar-refractivity contribution in [2.75, 3.05) is 18.1 Å². The molecule has 2 aliphatic rings. The van der Waals surface area contributed by atoms with E-state index in [0.717, 1.165) is 31.0 Å². The normalized spacial score (nSPS) is 28.7. The van der Waals surface area contributed by atoms with E-state index < -0.39 is 0 Å². The molecular formula is C11H15N3O. The Bertz CT molecular complexity index is 369. The minimum Gasteiger partial charge on any atom is -0.374 e. The fourth-order valence-corrected chi connectivity index (χ4v) is 2.51. The lowest BCUT2D eigenvalue weighted by molar-refractivity contribution is 0.0988. The molecule has 0 spiro atoms. The first-order valence-electron chi connectivity index (χ1n) is 5.40. The number of rotatable bonds is 2. The molecule has 0 aliphatic carbocycles. The van der Waals surface area contributed by atoms with Gasteiger partial charge in [0, 0.05) is 24.8 Å². The van der Waals surface area contributed by atoms with Gasteiger partial charge in [-0.1, -0.05) is 6.07 Å². The molecule has 3 heterocycles. The minimum absolute atomic E-state index is 0.405. The third kappa shape index (κ3) is 1.41. The molecule has 1 aromatic rings. The molecular weight excluding hydrogens is 190 g/mol. The Labute approximate surface area is 89.0 Å². The van der Waals surface area contributed by atoms with Gasteiger partial charge in [0.1, 0.15) is 5.82 Å². The van der Waals surface area contributed by atoms with E-state index in [-0.39, 0.29) is 0 Å². The van der Waals surface area contributed by atoms with Gasteiger partial charge in [-0.25, -0.2) is 4.98 Å². The van der Waals surface area contributed by atoms with E-state index in [2.05, 4.69) is 16.0 Å². The Morgan fingerprint density at radius 3 is 3.20 bits per heavy atom. The third-order valence-electron chi connectivity index (χ3n) is 3.26. The van der Waals surface area contributed by atoms with Gasteiger partial charge < -0.3 is 15.4 Å². The van der Waals surface area contributed by atoms with Crippen molar-refractivity contribution in [2.45, 2.75) is 25.1 Å². The van der Waals surface area contributed by atoms with E-state index in [1.165, 1.54) is 0 Å². The van der Waals surface area contributed by atoms with E-state index in [1.54, 1.807) is 0 Å². The number of hydrogen-bond acceptors (Lipinski definition) is 4. The van der Waals surface area contributed by atoms with Crippen molar-refractivity contribution in [3.63, 3.8) is 0 Å². The van der Waals surface area contributed by atoms with Crippen LogP contribution in [0.4, 0.5) is 5.82 Å². The lowest BCUT2D eigenvalue weighted by Gasteiger charge is -2.29. The van der Waals surface area contributed by atoms with E-state index in [1.807, 2.05) is 12.3 Å². The third-order valence-corrected chi connectivity index (χ3v) is 3.26. The minimum atomic E-state index is 0.405. The maximum absolute atomic E-state index is 5.72. The van der Waals surface area contributed by atoms with Crippen LogP contribution in [0.2, 0.25) is 0 Å². The Balaban J connectivity index is 1.92. The molecule has 2 bridgehead atoms. The van der Waals surface area contributed by atoms with Gasteiger partial charge in [0.2, 0.25) is 0 Å². The van der Waals surface area contributed by atoms with E-state index >= 15 is 0 Å². The molecule has 80 valence electrons. The molecule has 2 fully saturated rings. The van der Waals surface area contributed by atoms with E-state index in [0.29, 0.717) is 18.7 Å². The van der Waals surface area contributed by atoms with Gasteiger partial charge in [0.25, 0.3) is 0 Å². The summed E-state index contributed by atoms with van der Waals surface area (Å²) in [5.41, 5.74) is 6.85. The number of ether oxygens (including phenoxy) is 1. The number of aromatic nitrogens is 1. The van der Waals surface area contributed by atoms with Gasteiger partial charge in [-0.3, -0.25) is 0 Å². The van der Waals surface area contributed by atoms with Crippen LogP contribution in [-0.2, 0) is 11.3 Å². The van der Waals surface area contributed by atoms with Crippen LogP contribution in [0.3, 0.4) is 0 Å². The molecule has 15 heavy (non-hydrogen) atoms. The smallest absolute Gasteiger partial charge is 0.133 e. The first-order chi connectivity index (χ1) is 7.38. The van der Waals surface area contributed by atoms with Crippen LogP contribution in [0.25, 0.3) is 0 Å². The van der Waals surface area contributed by atoms with Gasteiger partial charge >= 0.3 is 0 Å². The van der Waals surface area contributed by atoms with E-state index in [4.69, 9.17) is 10.5 Å². The van der Waals surface area contributed by atoms with Crippen LogP contribution in [0.15, 0.2) is 18.3 Å². The Kier molecular flexibility index (Phi) is 2.11. The van der Waals surface area contributed by atoms with Crippen molar-refractivity contribution >= 4 is 5.82 Å². The number of nitrogens with zero attached hydrogens (tertiary/aromatic N) is 2. The number of anilines is 1. The van der Waals surface area contributed by atoms with Gasteiger partial charge in [-0.15, -0.1) is 0 Å². The van der Waals surface area contributed by atoms with Crippen molar-refractivity contribution in [1.29, 1.82) is 0 Å². The summed E-state index contributed by atoms with van der Waals surface area (Å²) >= 11 is 0. The quantitative estimate of drug-likeness (QED) is 0.764. The molecule has 2 N–H and O–H groups in total. The predicted molar refractivity (Wildman–Crippen MR) is 57.6 cm³/mol. The standard InChI is InChI=1S/C11H15N3O/c12-5-8-2-1-3-13-11(8)14-6-10-4-9(14)7-15-10/h1-3,9-10H,4-7,12H2. The van der Waals surface area contributed by atoms with Crippen LogP contribution >= 0.6 is 0 Å². The number of fused-ring (bicyclic) bond motifs is 2. The molecule has 4 heteroatoms.